The number of rotatable bonds is 4. The largest absolute Gasteiger partial charge is 0.462 e. The normalized spacial score (nSPS) is 29.3. The molecule has 0 saturated carbocycles. The fourth-order valence-electron chi connectivity index (χ4n) is 3.99. The van der Waals surface area contributed by atoms with E-state index >= 15 is 0 Å². The van der Waals surface area contributed by atoms with E-state index in [0.29, 0.717) is 18.9 Å². The number of esters is 1. The Hall–Kier alpha value is -1.56. The fraction of sp³-hybridized carbons (Fsp3) is 0.750. The van der Waals surface area contributed by atoms with E-state index in [1.54, 1.807) is 0 Å². The Morgan fingerprint density at radius 1 is 1.32 bits per heavy atom. The van der Waals surface area contributed by atoms with Gasteiger partial charge in [0.05, 0.1) is 17.7 Å². The molecule has 2 aliphatic heterocycles. The van der Waals surface area contributed by atoms with E-state index in [2.05, 4.69) is 44.0 Å². The second-order valence-corrected chi connectivity index (χ2v) is 7.35. The third kappa shape index (κ3) is 3.27. The van der Waals surface area contributed by atoms with Crippen LogP contribution in [0.25, 0.3) is 0 Å². The van der Waals surface area contributed by atoms with Gasteiger partial charge in [-0.15, -0.1) is 0 Å². The first-order valence-electron chi connectivity index (χ1n) is 7.77. The summed E-state index contributed by atoms with van der Waals surface area (Å²) < 4.78 is 5.11. The molecule has 22 heavy (non-hydrogen) atoms. The SMILES string of the molecule is CCOC(=O)C[NH+]1C(C)(C)CC(C2=N[C-]=NC2=O)CC1(C)C. The van der Waals surface area contributed by atoms with Gasteiger partial charge >= 0.3 is 5.97 Å². The van der Waals surface area contributed by atoms with E-state index in [1.807, 2.05) is 6.92 Å². The van der Waals surface area contributed by atoms with E-state index in [9.17, 15) is 9.59 Å². The molecule has 0 bridgehead atoms. The van der Waals surface area contributed by atoms with Crippen LogP contribution in [0.1, 0.15) is 47.5 Å². The molecule has 1 amide bonds. The molecule has 2 rings (SSSR count). The molecule has 0 aromatic heterocycles. The molecule has 0 atom stereocenters. The van der Waals surface area contributed by atoms with Crippen LogP contribution < -0.4 is 4.90 Å². The average Bonchev–Trinajstić information content (AvgIpc) is 2.79. The van der Waals surface area contributed by atoms with Crippen molar-refractivity contribution in [1.29, 1.82) is 0 Å². The second kappa shape index (κ2) is 5.91. The molecule has 2 heterocycles. The van der Waals surface area contributed by atoms with Crippen molar-refractivity contribution in [2.75, 3.05) is 13.2 Å². The third-order valence-corrected chi connectivity index (χ3v) is 4.70. The first kappa shape index (κ1) is 16.8. The summed E-state index contributed by atoms with van der Waals surface area (Å²) in [6, 6.07) is 0. The number of nitrogens with one attached hydrogen (secondary N) is 1. The van der Waals surface area contributed by atoms with Gasteiger partial charge < -0.3 is 24.4 Å². The third-order valence-electron chi connectivity index (χ3n) is 4.70. The number of carbonyl (C=O) groups excluding carboxylic acids is 2. The lowest BCUT2D eigenvalue weighted by molar-refractivity contribution is -0.994. The molecule has 6 heteroatoms. The van der Waals surface area contributed by atoms with Crippen molar-refractivity contribution >= 4 is 23.9 Å². The predicted octanol–water partition coefficient (Wildman–Crippen LogP) is 0.288. The highest BCUT2D eigenvalue weighted by Crippen LogP contribution is 2.30. The summed E-state index contributed by atoms with van der Waals surface area (Å²) in [6.45, 7) is 11.0. The molecule has 1 fully saturated rings. The topological polar surface area (TPSA) is 72.5 Å². The van der Waals surface area contributed by atoms with Crippen molar-refractivity contribution < 1.29 is 19.2 Å². The van der Waals surface area contributed by atoms with E-state index in [4.69, 9.17) is 4.74 Å². The molecule has 6 nitrogen and oxygen atoms in total. The lowest BCUT2D eigenvalue weighted by Gasteiger charge is -2.52. The quantitative estimate of drug-likeness (QED) is 0.599. The number of hydrogen-bond acceptors (Lipinski definition) is 4. The second-order valence-electron chi connectivity index (χ2n) is 7.35. The monoisotopic (exact) mass is 307 g/mol. The molecular weight excluding hydrogens is 282 g/mol. The number of piperidine rings is 1. The van der Waals surface area contributed by atoms with Crippen LogP contribution in [0.15, 0.2) is 9.98 Å². The summed E-state index contributed by atoms with van der Waals surface area (Å²) in [7, 11) is 0. The van der Waals surface area contributed by atoms with Crippen LogP contribution in [-0.2, 0) is 14.3 Å². The molecular formula is C16H25N3O3. The van der Waals surface area contributed by atoms with Crippen molar-refractivity contribution in [2.24, 2.45) is 15.9 Å². The Morgan fingerprint density at radius 2 is 1.91 bits per heavy atom. The standard InChI is InChI=1S/C16H24N3O3/c1-6-22-12(20)9-19-15(2,3)7-11(8-16(19,4)5)13-14(21)18-10-17-13/h11H,6-9H2,1-5H3/q-1/p+1. The van der Waals surface area contributed by atoms with E-state index < -0.39 is 0 Å². The molecule has 0 aliphatic carbocycles. The van der Waals surface area contributed by atoms with E-state index in [-0.39, 0.29) is 28.9 Å². The zero-order valence-electron chi connectivity index (χ0n) is 14.0. The summed E-state index contributed by atoms with van der Waals surface area (Å²) in [6.07, 6.45) is 3.99. The maximum absolute atomic E-state index is 11.9. The molecule has 1 saturated heterocycles. The molecule has 0 aromatic carbocycles. The first-order chi connectivity index (χ1) is 10.2. The van der Waals surface area contributed by atoms with Gasteiger partial charge in [0.15, 0.2) is 6.54 Å². The van der Waals surface area contributed by atoms with Crippen molar-refractivity contribution in [3.8, 4) is 0 Å². The van der Waals surface area contributed by atoms with Crippen molar-refractivity contribution in [2.45, 2.75) is 58.5 Å². The number of amides is 1. The van der Waals surface area contributed by atoms with Gasteiger partial charge in [-0.05, 0) is 59.1 Å². The Morgan fingerprint density at radius 3 is 2.36 bits per heavy atom. The molecule has 2 aliphatic rings. The number of hydrogen-bond donors (Lipinski definition) is 1. The summed E-state index contributed by atoms with van der Waals surface area (Å²) in [4.78, 5) is 32.6. The number of nitrogens with zero attached hydrogens (tertiary/aromatic N) is 2. The van der Waals surface area contributed by atoms with Gasteiger partial charge in [0.25, 0.3) is 0 Å². The minimum atomic E-state index is -0.273. The van der Waals surface area contributed by atoms with Gasteiger partial charge in [0.1, 0.15) is 5.91 Å². The maximum atomic E-state index is 11.9. The minimum absolute atomic E-state index is 0.0576. The van der Waals surface area contributed by atoms with Crippen LogP contribution in [0, 0.1) is 5.92 Å². The van der Waals surface area contributed by atoms with E-state index in [1.165, 1.54) is 4.90 Å². The molecule has 0 unspecified atom stereocenters. The van der Waals surface area contributed by atoms with Crippen LogP contribution in [0.2, 0.25) is 0 Å². The molecule has 0 spiro atoms. The Kier molecular flexibility index (Phi) is 4.52. The Balaban J connectivity index is 2.19. The van der Waals surface area contributed by atoms with Crippen molar-refractivity contribution in [3.63, 3.8) is 0 Å². The molecule has 0 aromatic rings. The summed E-state index contributed by atoms with van der Waals surface area (Å²) >= 11 is 0. The van der Waals surface area contributed by atoms with Crippen LogP contribution in [0.4, 0.5) is 0 Å². The van der Waals surface area contributed by atoms with Crippen molar-refractivity contribution in [3.05, 3.63) is 0 Å². The predicted molar refractivity (Wildman–Crippen MR) is 83.2 cm³/mol. The molecule has 1 N–H and O–H groups in total. The van der Waals surface area contributed by atoms with Crippen LogP contribution in [0.3, 0.4) is 0 Å². The highest BCUT2D eigenvalue weighted by molar-refractivity contribution is 6.44. The van der Waals surface area contributed by atoms with Gasteiger partial charge in [-0.3, -0.25) is 0 Å². The van der Waals surface area contributed by atoms with Gasteiger partial charge in [-0.2, -0.15) is 0 Å². The lowest BCUT2D eigenvalue weighted by Crippen LogP contribution is -3.27. The smallest absolute Gasteiger partial charge is 0.361 e. The van der Waals surface area contributed by atoms with Gasteiger partial charge in [0, 0.05) is 6.34 Å². The minimum Gasteiger partial charge on any atom is -0.462 e. The molecule has 0 radical (unpaired) electrons. The number of aliphatic imine (C=N–C) groups is 2. The Bertz CT molecular complexity index is 517. The number of ether oxygens (including phenoxy) is 1. The van der Waals surface area contributed by atoms with E-state index in [0.717, 1.165) is 12.8 Å². The first-order valence-corrected chi connectivity index (χ1v) is 7.77. The zero-order valence-corrected chi connectivity index (χ0v) is 14.0. The number of carbonyl (C=O) groups is 2. The van der Waals surface area contributed by atoms with Gasteiger partial charge in [0.2, 0.25) is 0 Å². The van der Waals surface area contributed by atoms with Crippen molar-refractivity contribution in [1.82, 2.24) is 0 Å². The summed E-state index contributed by atoms with van der Waals surface area (Å²) in [5.41, 5.74) is 0.186. The van der Waals surface area contributed by atoms with Crippen LogP contribution in [-0.4, -0.2) is 48.2 Å². The average molecular weight is 307 g/mol. The summed E-state index contributed by atoms with van der Waals surface area (Å²) in [5, 5.41) is 0. The zero-order chi connectivity index (χ0) is 16.5. The van der Waals surface area contributed by atoms with Gasteiger partial charge in [-0.1, -0.05) is 0 Å². The number of likely N-dealkylation sites (tertiary alicyclic amines) is 1. The number of quaternary nitrogens is 1. The summed E-state index contributed by atoms with van der Waals surface area (Å²) in [5.74, 6) is -0.393. The fourth-order valence-corrected chi connectivity index (χ4v) is 3.99. The highest BCUT2D eigenvalue weighted by Gasteiger charge is 2.50. The highest BCUT2D eigenvalue weighted by atomic mass is 16.5. The molecule has 122 valence electrons. The lowest BCUT2D eigenvalue weighted by atomic mass is 9.72. The Labute approximate surface area is 131 Å². The van der Waals surface area contributed by atoms with Crippen LogP contribution >= 0.6 is 0 Å². The van der Waals surface area contributed by atoms with Crippen LogP contribution in [0.5, 0.6) is 0 Å². The maximum Gasteiger partial charge on any atom is 0.361 e. The van der Waals surface area contributed by atoms with Gasteiger partial charge in [-0.25, -0.2) is 4.79 Å².